The van der Waals surface area contributed by atoms with Gasteiger partial charge < -0.3 is 5.32 Å². The molecule has 0 bridgehead atoms. The number of nitrogens with one attached hydrogen (secondary N) is 1. The highest BCUT2D eigenvalue weighted by molar-refractivity contribution is 7.89. The van der Waals surface area contributed by atoms with Crippen molar-refractivity contribution in [2.24, 2.45) is 0 Å². The second-order valence-electron chi connectivity index (χ2n) is 5.10. The molecule has 122 valence electrons. The molecular weight excluding hydrogens is 338 g/mol. The van der Waals surface area contributed by atoms with Gasteiger partial charge in [0.2, 0.25) is 10.0 Å². The molecule has 1 aromatic heterocycles. The van der Waals surface area contributed by atoms with Gasteiger partial charge in [-0.3, -0.25) is 4.79 Å². The first kappa shape index (κ1) is 17.4. The summed E-state index contributed by atoms with van der Waals surface area (Å²) in [6, 6.07) is 7.50. The Morgan fingerprint density at radius 1 is 1.22 bits per heavy atom. The van der Waals surface area contributed by atoms with E-state index in [0.717, 1.165) is 9.87 Å². The fourth-order valence-corrected chi connectivity index (χ4v) is 2.97. The van der Waals surface area contributed by atoms with Crippen molar-refractivity contribution in [3.8, 4) is 0 Å². The first-order valence-corrected chi connectivity index (χ1v) is 8.49. The predicted octanol–water partition coefficient (Wildman–Crippen LogP) is 2.55. The van der Waals surface area contributed by atoms with Crippen LogP contribution in [0.1, 0.15) is 15.9 Å². The number of amides is 1. The lowest BCUT2D eigenvalue weighted by molar-refractivity contribution is 0.102. The number of hydrogen-bond donors (Lipinski definition) is 1. The van der Waals surface area contributed by atoms with Crippen LogP contribution >= 0.6 is 11.6 Å². The highest BCUT2D eigenvalue weighted by atomic mass is 35.5. The third kappa shape index (κ3) is 3.87. The Bertz CT molecular complexity index is 851. The molecule has 1 heterocycles. The summed E-state index contributed by atoms with van der Waals surface area (Å²) >= 11 is 6.03. The van der Waals surface area contributed by atoms with Gasteiger partial charge in [-0.25, -0.2) is 17.7 Å². The minimum atomic E-state index is -3.65. The van der Waals surface area contributed by atoms with Gasteiger partial charge >= 0.3 is 0 Å². The molecule has 6 nitrogen and oxygen atoms in total. The third-order valence-electron chi connectivity index (χ3n) is 3.12. The average Bonchev–Trinajstić information content (AvgIpc) is 2.47. The van der Waals surface area contributed by atoms with E-state index in [2.05, 4.69) is 10.3 Å². The molecule has 0 saturated carbocycles. The fourth-order valence-electron chi connectivity index (χ4n) is 1.84. The Morgan fingerprint density at radius 2 is 1.91 bits per heavy atom. The molecule has 0 aliphatic carbocycles. The molecule has 0 saturated heterocycles. The fraction of sp³-hybridized carbons (Fsp3) is 0.200. The molecule has 0 spiro atoms. The lowest BCUT2D eigenvalue weighted by atomic mass is 10.2. The van der Waals surface area contributed by atoms with Crippen molar-refractivity contribution in [2.45, 2.75) is 11.8 Å². The van der Waals surface area contributed by atoms with Gasteiger partial charge in [-0.1, -0.05) is 11.6 Å². The molecule has 0 unspecified atom stereocenters. The van der Waals surface area contributed by atoms with Crippen LogP contribution in [0.2, 0.25) is 5.02 Å². The molecule has 1 N–H and O–H groups in total. The Kier molecular flexibility index (Phi) is 5.03. The van der Waals surface area contributed by atoms with E-state index in [1.54, 1.807) is 18.3 Å². The number of benzene rings is 1. The summed E-state index contributed by atoms with van der Waals surface area (Å²) in [6.45, 7) is 1.87. The maximum Gasteiger partial charge on any atom is 0.258 e. The minimum Gasteiger partial charge on any atom is -0.307 e. The first-order valence-electron chi connectivity index (χ1n) is 6.68. The Balaban J connectivity index is 2.37. The number of pyridine rings is 1. The standard InChI is InChI=1S/C15H16ClN3O3S/c1-10-6-7-17-14(8-10)18-15(20)12-9-11(4-5-13(12)16)23(21,22)19(2)3/h4-9H,1-3H3,(H,17,18,20). The van der Waals surface area contributed by atoms with Crippen LogP contribution in [0.5, 0.6) is 0 Å². The number of aromatic nitrogens is 1. The number of aryl methyl sites for hydroxylation is 1. The first-order chi connectivity index (χ1) is 10.7. The highest BCUT2D eigenvalue weighted by Gasteiger charge is 2.21. The molecule has 2 aromatic rings. The molecule has 0 fully saturated rings. The molecule has 0 radical (unpaired) electrons. The van der Waals surface area contributed by atoms with Crippen LogP contribution in [0.25, 0.3) is 0 Å². The number of anilines is 1. The van der Waals surface area contributed by atoms with Crippen LogP contribution in [0.3, 0.4) is 0 Å². The number of hydrogen-bond acceptors (Lipinski definition) is 4. The van der Waals surface area contributed by atoms with Gasteiger partial charge in [0.25, 0.3) is 5.91 Å². The van der Waals surface area contributed by atoms with Gasteiger partial charge in [-0.15, -0.1) is 0 Å². The van der Waals surface area contributed by atoms with E-state index in [-0.39, 0.29) is 15.5 Å². The Labute approximate surface area is 140 Å². The molecule has 8 heteroatoms. The van der Waals surface area contributed by atoms with Crippen LogP contribution in [-0.2, 0) is 10.0 Å². The monoisotopic (exact) mass is 353 g/mol. The molecular formula is C15H16ClN3O3S. The molecule has 23 heavy (non-hydrogen) atoms. The largest absolute Gasteiger partial charge is 0.307 e. The van der Waals surface area contributed by atoms with E-state index in [4.69, 9.17) is 11.6 Å². The van der Waals surface area contributed by atoms with Gasteiger partial charge in [-0.05, 0) is 42.8 Å². The minimum absolute atomic E-state index is 0.00532. The molecule has 2 rings (SSSR count). The van der Waals surface area contributed by atoms with E-state index in [0.29, 0.717) is 5.82 Å². The number of carbonyl (C=O) groups is 1. The van der Waals surface area contributed by atoms with Crippen molar-refractivity contribution in [3.05, 3.63) is 52.7 Å². The van der Waals surface area contributed by atoms with Crippen LogP contribution in [0.4, 0.5) is 5.82 Å². The normalized spacial score (nSPS) is 11.5. The SMILES string of the molecule is Cc1ccnc(NC(=O)c2cc(S(=O)(=O)N(C)C)ccc2Cl)c1. The zero-order valence-corrected chi connectivity index (χ0v) is 14.4. The zero-order chi connectivity index (χ0) is 17.2. The van der Waals surface area contributed by atoms with Gasteiger partial charge in [0, 0.05) is 20.3 Å². The quantitative estimate of drug-likeness (QED) is 0.916. The maximum absolute atomic E-state index is 12.4. The number of sulfonamides is 1. The Hall–Kier alpha value is -1.96. The van der Waals surface area contributed by atoms with E-state index in [1.165, 1.54) is 32.3 Å². The molecule has 0 aliphatic heterocycles. The maximum atomic E-state index is 12.4. The number of carbonyl (C=O) groups excluding carboxylic acids is 1. The van der Waals surface area contributed by atoms with Gasteiger partial charge in [0.15, 0.2) is 0 Å². The summed E-state index contributed by atoms with van der Waals surface area (Å²) in [4.78, 5) is 16.4. The summed E-state index contributed by atoms with van der Waals surface area (Å²) < 4.78 is 25.4. The van der Waals surface area contributed by atoms with Crippen LogP contribution < -0.4 is 5.32 Å². The van der Waals surface area contributed by atoms with Crippen molar-refractivity contribution in [1.29, 1.82) is 0 Å². The lowest BCUT2D eigenvalue weighted by Gasteiger charge is -2.13. The van der Waals surface area contributed by atoms with Crippen molar-refractivity contribution in [1.82, 2.24) is 9.29 Å². The van der Waals surface area contributed by atoms with E-state index in [1.807, 2.05) is 6.92 Å². The summed E-state index contributed by atoms with van der Waals surface area (Å²) in [6.07, 6.45) is 1.57. The van der Waals surface area contributed by atoms with E-state index >= 15 is 0 Å². The van der Waals surface area contributed by atoms with Crippen molar-refractivity contribution in [3.63, 3.8) is 0 Å². The third-order valence-corrected chi connectivity index (χ3v) is 5.26. The van der Waals surface area contributed by atoms with Crippen molar-refractivity contribution < 1.29 is 13.2 Å². The lowest BCUT2D eigenvalue weighted by Crippen LogP contribution is -2.23. The predicted molar refractivity (Wildman–Crippen MR) is 89.3 cm³/mol. The van der Waals surface area contributed by atoms with Gasteiger partial charge in [0.05, 0.1) is 15.5 Å². The molecule has 0 aliphatic rings. The van der Waals surface area contributed by atoms with Gasteiger partial charge in [0.1, 0.15) is 5.82 Å². The van der Waals surface area contributed by atoms with Crippen LogP contribution in [0.15, 0.2) is 41.4 Å². The van der Waals surface area contributed by atoms with Gasteiger partial charge in [-0.2, -0.15) is 0 Å². The number of rotatable bonds is 4. The second kappa shape index (κ2) is 6.66. The Morgan fingerprint density at radius 3 is 2.52 bits per heavy atom. The summed E-state index contributed by atoms with van der Waals surface area (Å²) in [5, 5.41) is 2.76. The summed E-state index contributed by atoms with van der Waals surface area (Å²) in [7, 11) is -0.816. The zero-order valence-electron chi connectivity index (χ0n) is 12.9. The topological polar surface area (TPSA) is 79.4 Å². The van der Waals surface area contributed by atoms with Crippen LogP contribution in [0, 0.1) is 6.92 Å². The summed E-state index contributed by atoms with van der Waals surface area (Å²) in [5.74, 6) is -0.157. The van der Waals surface area contributed by atoms with Crippen LogP contribution in [-0.4, -0.2) is 37.7 Å². The average molecular weight is 354 g/mol. The highest BCUT2D eigenvalue weighted by Crippen LogP contribution is 2.23. The second-order valence-corrected chi connectivity index (χ2v) is 7.66. The number of halogens is 1. The molecule has 1 aromatic carbocycles. The van der Waals surface area contributed by atoms with Crippen molar-refractivity contribution in [2.75, 3.05) is 19.4 Å². The van der Waals surface area contributed by atoms with E-state index < -0.39 is 15.9 Å². The molecule has 0 atom stereocenters. The van der Waals surface area contributed by atoms with Crippen molar-refractivity contribution >= 4 is 33.3 Å². The summed E-state index contributed by atoms with van der Waals surface area (Å²) in [5.41, 5.74) is 1.00. The van der Waals surface area contributed by atoms with E-state index in [9.17, 15) is 13.2 Å². The number of nitrogens with zero attached hydrogens (tertiary/aromatic N) is 2. The molecule has 1 amide bonds. The smallest absolute Gasteiger partial charge is 0.258 e.